The molecule has 3 N–H and O–H groups in total. The van der Waals surface area contributed by atoms with E-state index in [-0.39, 0.29) is 5.25 Å². The number of anilines is 1. The molecule has 1 aromatic carbocycles. The van der Waals surface area contributed by atoms with Crippen molar-refractivity contribution in [2.45, 2.75) is 37.5 Å². The lowest BCUT2D eigenvalue weighted by Gasteiger charge is -2.12. The van der Waals surface area contributed by atoms with Crippen molar-refractivity contribution < 1.29 is 8.42 Å². The minimum atomic E-state index is -3.15. The second-order valence-electron chi connectivity index (χ2n) is 4.51. The predicted octanol–water partition coefficient (Wildman–Crippen LogP) is 1.63. The van der Waals surface area contributed by atoms with E-state index in [1.54, 1.807) is 12.1 Å². The number of nitrogens with one attached hydrogen (secondary N) is 1. The molecule has 1 aliphatic carbocycles. The Bertz CT molecular complexity index is 462. The molecule has 0 amide bonds. The van der Waals surface area contributed by atoms with Gasteiger partial charge in [-0.15, -0.1) is 0 Å². The topological polar surface area (TPSA) is 72.2 Å². The first-order chi connectivity index (χ1) is 8.08. The summed E-state index contributed by atoms with van der Waals surface area (Å²) in [4.78, 5) is 0. The van der Waals surface area contributed by atoms with Crippen LogP contribution in [0.1, 0.15) is 31.2 Å². The van der Waals surface area contributed by atoms with Crippen molar-refractivity contribution >= 4 is 15.7 Å². The van der Waals surface area contributed by atoms with Crippen LogP contribution >= 0.6 is 0 Å². The van der Waals surface area contributed by atoms with Crippen LogP contribution in [0.4, 0.5) is 5.69 Å². The Morgan fingerprint density at radius 2 is 1.76 bits per heavy atom. The molecule has 0 heterocycles. The first-order valence-corrected chi connectivity index (χ1v) is 7.45. The number of sulfonamides is 1. The molecule has 0 bridgehead atoms. The summed E-state index contributed by atoms with van der Waals surface area (Å²) in [5, 5.41) is -0.198. The lowest BCUT2D eigenvalue weighted by Crippen LogP contribution is -2.32. The van der Waals surface area contributed by atoms with Crippen LogP contribution in [0.3, 0.4) is 0 Å². The Balaban J connectivity index is 1.95. The monoisotopic (exact) mass is 254 g/mol. The van der Waals surface area contributed by atoms with Crippen molar-refractivity contribution in [2.24, 2.45) is 0 Å². The highest BCUT2D eigenvalue weighted by atomic mass is 32.2. The number of nitrogen functional groups attached to an aromatic ring is 1. The molecular formula is C12H18N2O2S. The van der Waals surface area contributed by atoms with E-state index in [4.69, 9.17) is 5.73 Å². The predicted molar refractivity (Wildman–Crippen MR) is 68.9 cm³/mol. The summed E-state index contributed by atoms with van der Waals surface area (Å²) in [7, 11) is -3.15. The first kappa shape index (κ1) is 12.4. The van der Waals surface area contributed by atoms with E-state index < -0.39 is 10.0 Å². The molecule has 94 valence electrons. The summed E-state index contributed by atoms with van der Waals surface area (Å²) in [5.74, 6) is 0. The van der Waals surface area contributed by atoms with E-state index in [1.165, 1.54) is 0 Å². The fourth-order valence-electron chi connectivity index (χ4n) is 2.14. The molecule has 2 rings (SSSR count). The number of hydrogen-bond donors (Lipinski definition) is 2. The van der Waals surface area contributed by atoms with Crippen LogP contribution in [0.5, 0.6) is 0 Å². The highest BCUT2D eigenvalue weighted by Gasteiger charge is 2.27. The zero-order chi connectivity index (χ0) is 12.3. The third-order valence-electron chi connectivity index (χ3n) is 3.20. The first-order valence-electron chi connectivity index (χ1n) is 5.91. The minimum Gasteiger partial charge on any atom is -0.399 e. The van der Waals surface area contributed by atoms with Gasteiger partial charge in [0.05, 0.1) is 5.25 Å². The standard InChI is InChI=1S/C12H18N2O2S/c13-11-7-5-10(6-8-11)9-14-17(15,16)12-3-1-2-4-12/h5-8,12,14H,1-4,9,13H2. The lowest BCUT2D eigenvalue weighted by molar-refractivity contribution is 0.564. The molecule has 0 aromatic heterocycles. The summed E-state index contributed by atoms with van der Waals surface area (Å²) in [6.45, 7) is 0.346. The van der Waals surface area contributed by atoms with Gasteiger partial charge >= 0.3 is 0 Å². The average molecular weight is 254 g/mol. The Labute approximate surface area is 102 Å². The van der Waals surface area contributed by atoms with Crippen molar-refractivity contribution in [1.82, 2.24) is 4.72 Å². The van der Waals surface area contributed by atoms with Gasteiger partial charge in [-0.25, -0.2) is 13.1 Å². The highest BCUT2D eigenvalue weighted by Crippen LogP contribution is 2.24. The molecule has 0 spiro atoms. The van der Waals surface area contributed by atoms with E-state index in [2.05, 4.69) is 4.72 Å². The second-order valence-corrected chi connectivity index (χ2v) is 6.56. The minimum absolute atomic E-state index is 0.198. The molecular weight excluding hydrogens is 236 g/mol. The molecule has 0 aliphatic heterocycles. The maximum absolute atomic E-state index is 11.9. The van der Waals surface area contributed by atoms with Gasteiger partial charge in [-0.05, 0) is 30.5 Å². The second kappa shape index (κ2) is 5.06. The van der Waals surface area contributed by atoms with Gasteiger partial charge in [-0.1, -0.05) is 25.0 Å². The number of nitrogens with two attached hydrogens (primary N) is 1. The van der Waals surface area contributed by atoms with Gasteiger partial charge in [0, 0.05) is 12.2 Å². The third-order valence-corrected chi connectivity index (χ3v) is 5.09. The SMILES string of the molecule is Nc1ccc(CNS(=O)(=O)C2CCCC2)cc1. The van der Waals surface area contributed by atoms with Crippen LogP contribution in [-0.4, -0.2) is 13.7 Å². The van der Waals surface area contributed by atoms with Gasteiger partial charge in [0.15, 0.2) is 0 Å². The summed E-state index contributed by atoms with van der Waals surface area (Å²) in [5.41, 5.74) is 7.19. The van der Waals surface area contributed by atoms with Crippen LogP contribution in [0.25, 0.3) is 0 Å². The highest BCUT2D eigenvalue weighted by molar-refractivity contribution is 7.90. The van der Waals surface area contributed by atoms with E-state index in [0.29, 0.717) is 12.2 Å². The lowest BCUT2D eigenvalue weighted by atomic mass is 10.2. The zero-order valence-corrected chi connectivity index (χ0v) is 10.5. The van der Waals surface area contributed by atoms with Gasteiger partial charge in [-0.3, -0.25) is 0 Å². The van der Waals surface area contributed by atoms with E-state index in [0.717, 1.165) is 31.2 Å². The number of hydrogen-bond acceptors (Lipinski definition) is 3. The van der Waals surface area contributed by atoms with E-state index in [1.807, 2.05) is 12.1 Å². The maximum atomic E-state index is 11.9. The average Bonchev–Trinajstić information content (AvgIpc) is 2.82. The van der Waals surface area contributed by atoms with Crippen molar-refractivity contribution in [3.63, 3.8) is 0 Å². The molecule has 1 aromatic rings. The van der Waals surface area contributed by atoms with E-state index >= 15 is 0 Å². The number of rotatable bonds is 4. The Morgan fingerprint density at radius 3 is 2.35 bits per heavy atom. The normalized spacial score (nSPS) is 17.4. The van der Waals surface area contributed by atoms with Gasteiger partial charge in [0.1, 0.15) is 0 Å². The summed E-state index contributed by atoms with van der Waals surface area (Å²) in [6.07, 6.45) is 3.62. The van der Waals surface area contributed by atoms with Crippen molar-refractivity contribution in [3.8, 4) is 0 Å². The van der Waals surface area contributed by atoms with Crippen LogP contribution in [-0.2, 0) is 16.6 Å². The van der Waals surface area contributed by atoms with Gasteiger partial charge in [0.25, 0.3) is 0 Å². The zero-order valence-electron chi connectivity index (χ0n) is 9.72. The molecule has 1 aliphatic rings. The fraction of sp³-hybridized carbons (Fsp3) is 0.500. The van der Waals surface area contributed by atoms with Gasteiger partial charge in [0.2, 0.25) is 10.0 Å². The van der Waals surface area contributed by atoms with Gasteiger partial charge in [-0.2, -0.15) is 0 Å². The Morgan fingerprint density at radius 1 is 1.18 bits per heavy atom. The van der Waals surface area contributed by atoms with Crippen molar-refractivity contribution in [3.05, 3.63) is 29.8 Å². The maximum Gasteiger partial charge on any atom is 0.214 e. The molecule has 4 nitrogen and oxygen atoms in total. The third kappa shape index (κ3) is 3.20. The van der Waals surface area contributed by atoms with Crippen LogP contribution < -0.4 is 10.5 Å². The molecule has 0 unspecified atom stereocenters. The molecule has 17 heavy (non-hydrogen) atoms. The molecule has 1 fully saturated rings. The molecule has 0 radical (unpaired) electrons. The molecule has 1 saturated carbocycles. The molecule has 0 saturated heterocycles. The summed E-state index contributed by atoms with van der Waals surface area (Å²) in [6, 6.07) is 7.23. The smallest absolute Gasteiger partial charge is 0.214 e. The molecule has 0 atom stereocenters. The number of benzene rings is 1. The Kier molecular flexibility index (Phi) is 3.69. The largest absolute Gasteiger partial charge is 0.399 e. The van der Waals surface area contributed by atoms with Crippen molar-refractivity contribution in [2.75, 3.05) is 5.73 Å². The van der Waals surface area contributed by atoms with Crippen LogP contribution in [0, 0.1) is 0 Å². The van der Waals surface area contributed by atoms with Gasteiger partial charge < -0.3 is 5.73 Å². The fourth-order valence-corrected chi connectivity index (χ4v) is 3.69. The summed E-state index contributed by atoms with van der Waals surface area (Å²) < 4.78 is 26.5. The molecule has 5 heteroatoms. The summed E-state index contributed by atoms with van der Waals surface area (Å²) >= 11 is 0. The van der Waals surface area contributed by atoms with Crippen LogP contribution in [0.15, 0.2) is 24.3 Å². The van der Waals surface area contributed by atoms with E-state index in [9.17, 15) is 8.42 Å². The quantitative estimate of drug-likeness (QED) is 0.802. The van der Waals surface area contributed by atoms with Crippen molar-refractivity contribution in [1.29, 1.82) is 0 Å². The Hall–Kier alpha value is -1.07. The van der Waals surface area contributed by atoms with Crippen LogP contribution in [0.2, 0.25) is 0 Å².